The fourth-order valence-corrected chi connectivity index (χ4v) is 1.76. The largest absolute Gasteiger partial charge is 0.378 e. The molecule has 14 heavy (non-hydrogen) atoms. The van der Waals surface area contributed by atoms with E-state index in [1.165, 1.54) is 0 Å². The molecule has 0 spiro atoms. The molecule has 0 fully saturated rings. The van der Waals surface area contributed by atoms with Gasteiger partial charge in [-0.25, -0.2) is 0 Å². The summed E-state index contributed by atoms with van der Waals surface area (Å²) in [7, 11) is 0. The van der Waals surface area contributed by atoms with Gasteiger partial charge < -0.3 is 10.8 Å². The van der Waals surface area contributed by atoms with Crippen molar-refractivity contribution in [1.29, 1.82) is 0 Å². The van der Waals surface area contributed by atoms with Crippen LogP contribution in [0.4, 0.5) is 0 Å². The maximum absolute atomic E-state index is 10.9. The van der Waals surface area contributed by atoms with E-state index in [0.29, 0.717) is 5.56 Å². The number of rotatable bonds is 2. The van der Waals surface area contributed by atoms with Crippen molar-refractivity contribution in [3.05, 3.63) is 34.4 Å². The number of aliphatic hydroxyl groups excluding tert-OH is 1. The van der Waals surface area contributed by atoms with Gasteiger partial charge in [0.25, 0.3) is 5.91 Å². The topological polar surface area (TPSA) is 63.3 Å². The van der Waals surface area contributed by atoms with E-state index < -0.39 is 12.0 Å². The van der Waals surface area contributed by atoms with Crippen LogP contribution in [0.15, 0.2) is 12.1 Å². The van der Waals surface area contributed by atoms with Crippen LogP contribution in [0, 0.1) is 20.8 Å². The summed E-state index contributed by atoms with van der Waals surface area (Å²) in [6.45, 7) is 5.70. The van der Waals surface area contributed by atoms with Crippen LogP contribution in [0.1, 0.15) is 28.4 Å². The van der Waals surface area contributed by atoms with Crippen LogP contribution in [0.2, 0.25) is 0 Å². The van der Waals surface area contributed by atoms with E-state index in [-0.39, 0.29) is 0 Å². The van der Waals surface area contributed by atoms with Gasteiger partial charge in [-0.15, -0.1) is 0 Å². The lowest BCUT2D eigenvalue weighted by molar-refractivity contribution is -0.126. The van der Waals surface area contributed by atoms with Crippen LogP contribution in [0.25, 0.3) is 0 Å². The summed E-state index contributed by atoms with van der Waals surface area (Å²) >= 11 is 0. The first-order chi connectivity index (χ1) is 6.43. The molecule has 0 bridgehead atoms. The molecular formula is C11H15NO2. The molecule has 0 saturated carbocycles. The van der Waals surface area contributed by atoms with E-state index in [1.807, 2.05) is 32.9 Å². The van der Waals surface area contributed by atoms with Gasteiger partial charge in [-0.3, -0.25) is 4.79 Å². The lowest BCUT2D eigenvalue weighted by Gasteiger charge is -2.14. The maximum Gasteiger partial charge on any atom is 0.250 e. The standard InChI is InChI=1S/C11H15NO2/c1-6-4-7(2)9(8(3)5-6)10(13)11(12)14/h4-5,10,13H,1-3H3,(H2,12,14). The highest BCUT2D eigenvalue weighted by atomic mass is 16.3. The molecule has 1 aromatic rings. The quantitative estimate of drug-likeness (QED) is 0.739. The van der Waals surface area contributed by atoms with Gasteiger partial charge in [0.15, 0.2) is 6.10 Å². The third-order valence-corrected chi connectivity index (χ3v) is 2.28. The van der Waals surface area contributed by atoms with Crippen molar-refractivity contribution in [3.63, 3.8) is 0 Å². The van der Waals surface area contributed by atoms with Gasteiger partial charge in [0.1, 0.15) is 0 Å². The van der Waals surface area contributed by atoms with Gasteiger partial charge in [-0.1, -0.05) is 17.7 Å². The van der Waals surface area contributed by atoms with Crippen LogP contribution in [-0.4, -0.2) is 11.0 Å². The molecule has 3 nitrogen and oxygen atoms in total. The van der Waals surface area contributed by atoms with Gasteiger partial charge >= 0.3 is 0 Å². The normalized spacial score (nSPS) is 12.6. The summed E-state index contributed by atoms with van der Waals surface area (Å²) in [6, 6.07) is 3.85. The first kappa shape index (κ1) is 10.7. The molecule has 0 aliphatic carbocycles. The Balaban J connectivity index is 3.27. The van der Waals surface area contributed by atoms with Crippen molar-refractivity contribution < 1.29 is 9.90 Å². The molecule has 0 saturated heterocycles. The molecule has 1 aromatic carbocycles. The highest BCUT2D eigenvalue weighted by Crippen LogP contribution is 2.23. The molecule has 0 aliphatic rings. The van der Waals surface area contributed by atoms with Gasteiger partial charge in [-0.2, -0.15) is 0 Å². The number of amides is 1. The Hall–Kier alpha value is -1.35. The number of hydrogen-bond acceptors (Lipinski definition) is 2. The molecule has 1 unspecified atom stereocenters. The summed E-state index contributed by atoms with van der Waals surface area (Å²) in [5, 5.41) is 9.58. The molecule has 0 heterocycles. The average Bonchev–Trinajstić information content (AvgIpc) is 2.01. The Labute approximate surface area is 83.6 Å². The minimum absolute atomic E-state index is 0.628. The number of aliphatic hydroxyl groups is 1. The van der Waals surface area contributed by atoms with Crippen LogP contribution in [0.3, 0.4) is 0 Å². The van der Waals surface area contributed by atoms with E-state index in [9.17, 15) is 9.90 Å². The van der Waals surface area contributed by atoms with Gasteiger partial charge in [-0.05, 0) is 37.5 Å². The van der Waals surface area contributed by atoms with Crippen molar-refractivity contribution in [3.8, 4) is 0 Å². The zero-order chi connectivity index (χ0) is 10.9. The predicted octanol–water partition coefficient (Wildman–Crippen LogP) is 1.13. The molecule has 1 atom stereocenters. The summed E-state index contributed by atoms with van der Waals surface area (Å²) in [6.07, 6.45) is -1.20. The van der Waals surface area contributed by atoms with E-state index in [4.69, 9.17) is 5.73 Å². The minimum atomic E-state index is -1.20. The van der Waals surface area contributed by atoms with Gasteiger partial charge in [0.2, 0.25) is 0 Å². The second-order valence-electron chi connectivity index (χ2n) is 3.62. The van der Waals surface area contributed by atoms with Crippen LogP contribution in [-0.2, 0) is 4.79 Å². The summed E-state index contributed by atoms with van der Waals surface area (Å²) in [5.74, 6) is -0.708. The molecule has 1 rings (SSSR count). The number of carbonyl (C=O) groups is 1. The number of aryl methyl sites for hydroxylation is 3. The summed E-state index contributed by atoms with van der Waals surface area (Å²) in [4.78, 5) is 10.9. The number of nitrogens with two attached hydrogens (primary N) is 1. The summed E-state index contributed by atoms with van der Waals surface area (Å²) < 4.78 is 0. The van der Waals surface area contributed by atoms with Crippen LogP contribution < -0.4 is 5.73 Å². The first-order valence-corrected chi connectivity index (χ1v) is 4.48. The Morgan fingerprint density at radius 2 is 1.71 bits per heavy atom. The number of carbonyl (C=O) groups excluding carboxylic acids is 1. The molecular weight excluding hydrogens is 178 g/mol. The lowest BCUT2D eigenvalue weighted by Crippen LogP contribution is -2.22. The van der Waals surface area contributed by atoms with E-state index in [2.05, 4.69) is 0 Å². The first-order valence-electron chi connectivity index (χ1n) is 4.48. The third kappa shape index (κ3) is 1.93. The molecule has 0 radical (unpaired) electrons. The molecule has 3 N–H and O–H groups in total. The molecule has 0 aliphatic heterocycles. The highest BCUT2D eigenvalue weighted by Gasteiger charge is 2.18. The minimum Gasteiger partial charge on any atom is -0.378 e. The fraction of sp³-hybridized carbons (Fsp3) is 0.364. The average molecular weight is 193 g/mol. The maximum atomic E-state index is 10.9. The Morgan fingerprint density at radius 3 is 2.07 bits per heavy atom. The zero-order valence-electron chi connectivity index (χ0n) is 8.66. The van der Waals surface area contributed by atoms with Crippen LogP contribution in [0.5, 0.6) is 0 Å². The molecule has 76 valence electrons. The Bertz CT molecular complexity index is 349. The predicted molar refractivity (Wildman–Crippen MR) is 54.8 cm³/mol. The van der Waals surface area contributed by atoms with E-state index >= 15 is 0 Å². The number of benzene rings is 1. The van der Waals surface area contributed by atoms with Crippen molar-refractivity contribution in [2.75, 3.05) is 0 Å². The van der Waals surface area contributed by atoms with Gasteiger partial charge in [0.05, 0.1) is 0 Å². The SMILES string of the molecule is Cc1cc(C)c(C(O)C(N)=O)c(C)c1. The van der Waals surface area contributed by atoms with Crippen molar-refractivity contribution in [2.24, 2.45) is 5.73 Å². The van der Waals surface area contributed by atoms with Crippen molar-refractivity contribution >= 4 is 5.91 Å². The van der Waals surface area contributed by atoms with Crippen molar-refractivity contribution in [1.82, 2.24) is 0 Å². The second kappa shape index (κ2) is 3.80. The summed E-state index contributed by atoms with van der Waals surface area (Å²) in [5.41, 5.74) is 8.59. The fourth-order valence-electron chi connectivity index (χ4n) is 1.76. The third-order valence-electron chi connectivity index (χ3n) is 2.28. The number of hydrogen-bond donors (Lipinski definition) is 2. The number of primary amides is 1. The zero-order valence-corrected chi connectivity index (χ0v) is 8.66. The van der Waals surface area contributed by atoms with E-state index in [1.54, 1.807) is 0 Å². The monoisotopic (exact) mass is 193 g/mol. The Morgan fingerprint density at radius 1 is 1.29 bits per heavy atom. The molecule has 3 heteroatoms. The molecule has 1 amide bonds. The van der Waals surface area contributed by atoms with Crippen LogP contribution >= 0.6 is 0 Å². The van der Waals surface area contributed by atoms with E-state index in [0.717, 1.165) is 16.7 Å². The molecule has 0 aromatic heterocycles. The Kier molecular flexibility index (Phi) is 2.91. The second-order valence-corrected chi connectivity index (χ2v) is 3.62. The smallest absolute Gasteiger partial charge is 0.250 e. The lowest BCUT2D eigenvalue weighted by atomic mass is 9.95. The van der Waals surface area contributed by atoms with Gasteiger partial charge in [0, 0.05) is 0 Å². The van der Waals surface area contributed by atoms with Crippen molar-refractivity contribution in [2.45, 2.75) is 26.9 Å². The highest BCUT2D eigenvalue weighted by molar-refractivity contribution is 5.81.